The van der Waals surface area contributed by atoms with Crippen LogP contribution in [0.25, 0.3) is 10.3 Å². The van der Waals surface area contributed by atoms with Crippen molar-refractivity contribution in [2.24, 2.45) is 0 Å². The summed E-state index contributed by atoms with van der Waals surface area (Å²) in [4.78, 5) is 16.5. The molecule has 0 atom stereocenters. The van der Waals surface area contributed by atoms with Gasteiger partial charge in [-0.05, 0) is 48.1 Å². The van der Waals surface area contributed by atoms with E-state index < -0.39 is 0 Å². The van der Waals surface area contributed by atoms with E-state index in [4.69, 9.17) is 5.73 Å². The molecule has 0 radical (unpaired) electrons. The highest BCUT2D eigenvalue weighted by molar-refractivity contribution is 7.21. The van der Waals surface area contributed by atoms with Gasteiger partial charge in [0.05, 0.1) is 5.69 Å². The van der Waals surface area contributed by atoms with E-state index in [2.05, 4.69) is 96.9 Å². The third kappa shape index (κ3) is 3.56. The zero-order valence-electron chi connectivity index (χ0n) is 17.4. The molecule has 5 nitrogen and oxygen atoms in total. The number of hydrogen-bond acceptors (Lipinski definition) is 6. The molecule has 0 aliphatic heterocycles. The molecule has 2 heterocycles. The molecule has 0 unspecified atom stereocenters. The number of nitrogen functional groups attached to an aromatic ring is 1. The van der Waals surface area contributed by atoms with E-state index >= 15 is 0 Å². The third-order valence-corrected chi connectivity index (χ3v) is 5.85. The highest BCUT2D eigenvalue weighted by Gasteiger charge is 2.23. The SMILES string of the molecule is Cc1cccc(C)c1N(c1ccc(C(C)(C)C)cc1)c1ncnc2sc(N)nc12. The summed E-state index contributed by atoms with van der Waals surface area (Å²) in [5, 5.41) is 0.492. The van der Waals surface area contributed by atoms with Crippen molar-refractivity contribution in [2.75, 3.05) is 10.6 Å². The number of nitrogens with zero attached hydrogens (tertiary/aromatic N) is 4. The smallest absolute Gasteiger partial charge is 0.182 e. The molecule has 0 amide bonds. The molecule has 0 saturated heterocycles. The highest BCUT2D eigenvalue weighted by Crippen LogP contribution is 2.41. The Labute approximate surface area is 175 Å². The average molecular weight is 404 g/mol. The van der Waals surface area contributed by atoms with Gasteiger partial charge in [-0.25, -0.2) is 15.0 Å². The summed E-state index contributed by atoms with van der Waals surface area (Å²) >= 11 is 1.38. The van der Waals surface area contributed by atoms with Crippen LogP contribution in [-0.2, 0) is 5.41 Å². The Morgan fingerprint density at radius 2 is 1.59 bits per heavy atom. The third-order valence-electron chi connectivity index (χ3n) is 5.06. The summed E-state index contributed by atoms with van der Waals surface area (Å²) in [7, 11) is 0. The van der Waals surface area contributed by atoms with E-state index in [1.165, 1.54) is 28.0 Å². The van der Waals surface area contributed by atoms with Crippen molar-refractivity contribution < 1.29 is 0 Å². The monoisotopic (exact) mass is 403 g/mol. The van der Waals surface area contributed by atoms with Crippen LogP contribution in [0.1, 0.15) is 37.5 Å². The van der Waals surface area contributed by atoms with Crippen molar-refractivity contribution in [2.45, 2.75) is 40.0 Å². The van der Waals surface area contributed by atoms with E-state index in [0.717, 1.165) is 27.5 Å². The molecule has 2 aromatic carbocycles. The lowest BCUT2D eigenvalue weighted by Gasteiger charge is -2.28. The zero-order valence-corrected chi connectivity index (χ0v) is 18.2. The number of para-hydroxylation sites is 1. The summed E-state index contributed by atoms with van der Waals surface area (Å²) in [6, 6.07) is 15.0. The van der Waals surface area contributed by atoms with Crippen LogP contribution < -0.4 is 10.6 Å². The number of aryl methyl sites for hydroxylation is 2. The fourth-order valence-electron chi connectivity index (χ4n) is 3.55. The fraction of sp³-hybridized carbons (Fsp3) is 0.261. The van der Waals surface area contributed by atoms with Crippen LogP contribution in [0.5, 0.6) is 0 Å². The topological polar surface area (TPSA) is 67.9 Å². The molecule has 2 N–H and O–H groups in total. The molecule has 29 heavy (non-hydrogen) atoms. The van der Waals surface area contributed by atoms with Gasteiger partial charge in [0.2, 0.25) is 0 Å². The minimum atomic E-state index is 0.0908. The predicted molar refractivity (Wildman–Crippen MR) is 122 cm³/mol. The Morgan fingerprint density at radius 3 is 2.21 bits per heavy atom. The van der Waals surface area contributed by atoms with Crippen LogP contribution in [0.3, 0.4) is 0 Å². The maximum atomic E-state index is 5.99. The number of hydrogen-bond donors (Lipinski definition) is 1. The van der Waals surface area contributed by atoms with Crippen LogP contribution >= 0.6 is 11.3 Å². The molecule has 0 spiro atoms. The van der Waals surface area contributed by atoms with Gasteiger partial charge in [-0.2, -0.15) is 0 Å². The summed E-state index contributed by atoms with van der Waals surface area (Å²) in [5.41, 5.74) is 12.5. The summed E-state index contributed by atoms with van der Waals surface area (Å²) in [5.74, 6) is 0.740. The lowest BCUT2D eigenvalue weighted by molar-refractivity contribution is 0.590. The van der Waals surface area contributed by atoms with Gasteiger partial charge in [0.1, 0.15) is 11.8 Å². The highest BCUT2D eigenvalue weighted by atomic mass is 32.1. The van der Waals surface area contributed by atoms with Gasteiger partial charge in [0, 0.05) is 5.69 Å². The normalized spacial score (nSPS) is 11.8. The van der Waals surface area contributed by atoms with Crippen molar-refractivity contribution in [3.63, 3.8) is 0 Å². The molecule has 148 valence electrons. The maximum Gasteiger partial charge on any atom is 0.182 e. The molecule has 4 rings (SSSR count). The van der Waals surface area contributed by atoms with Gasteiger partial charge in [-0.1, -0.05) is 62.4 Å². The average Bonchev–Trinajstić information content (AvgIpc) is 3.05. The van der Waals surface area contributed by atoms with Gasteiger partial charge < -0.3 is 5.73 Å². The molecule has 0 aliphatic carbocycles. The molecular formula is C23H25N5S. The predicted octanol–water partition coefficient (Wildman–Crippen LogP) is 6.05. The number of benzene rings is 2. The van der Waals surface area contributed by atoms with Gasteiger partial charge in [-0.15, -0.1) is 0 Å². The first-order chi connectivity index (χ1) is 13.8. The number of thiazole rings is 1. The molecule has 2 aromatic heterocycles. The van der Waals surface area contributed by atoms with E-state index in [1.807, 2.05) is 0 Å². The Hall–Kier alpha value is -2.99. The Morgan fingerprint density at radius 1 is 0.931 bits per heavy atom. The second kappa shape index (κ2) is 7.12. The molecular weight excluding hydrogens is 378 g/mol. The molecule has 6 heteroatoms. The quantitative estimate of drug-likeness (QED) is 0.451. The van der Waals surface area contributed by atoms with Crippen LogP contribution in [-0.4, -0.2) is 15.0 Å². The van der Waals surface area contributed by atoms with E-state index in [1.54, 1.807) is 6.33 Å². The maximum absolute atomic E-state index is 5.99. The van der Waals surface area contributed by atoms with Crippen LogP contribution in [0, 0.1) is 13.8 Å². The zero-order chi connectivity index (χ0) is 20.8. The number of fused-ring (bicyclic) bond motifs is 1. The number of nitrogens with two attached hydrogens (primary N) is 1. The first kappa shape index (κ1) is 19.3. The van der Waals surface area contributed by atoms with Gasteiger partial charge in [0.25, 0.3) is 0 Å². The summed E-state index contributed by atoms with van der Waals surface area (Å²) in [6.45, 7) is 10.9. The number of rotatable bonds is 3. The van der Waals surface area contributed by atoms with Crippen LogP contribution in [0.15, 0.2) is 48.8 Å². The van der Waals surface area contributed by atoms with Crippen LogP contribution in [0.4, 0.5) is 22.3 Å². The first-order valence-electron chi connectivity index (χ1n) is 9.59. The standard InChI is InChI=1S/C23H25N5S/c1-14-7-6-8-15(2)19(14)28(17-11-9-16(10-12-17)23(3,4)5)20-18-21(26-13-25-20)29-22(24)27-18/h6-13H,1-5H3,(H2,24,27). The molecule has 0 saturated carbocycles. The second-order valence-electron chi connectivity index (χ2n) is 8.28. The lowest BCUT2D eigenvalue weighted by Crippen LogP contribution is -2.16. The van der Waals surface area contributed by atoms with Crippen molar-refractivity contribution in [1.82, 2.24) is 15.0 Å². The molecule has 0 bridgehead atoms. The molecule has 4 aromatic rings. The fourth-order valence-corrected chi connectivity index (χ4v) is 4.22. The van der Waals surface area contributed by atoms with E-state index in [-0.39, 0.29) is 5.41 Å². The largest absolute Gasteiger partial charge is 0.375 e. The van der Waals surface area contributed by atoms with Crippen molar-refractivity contribution in [3.05, 3.63) is 65.5 Å². The molecule has 0 aliphatic rings. The minimum Gasteiger partial charge on any atom is -0.375 e. The van der Waals surface area contributed by atoms with Crippen molar-refractivity contribution in [1.29, 1.82) is 0 Å². The Kier molecular flexibility index (Phi) is 4.74. The Balaban J connectivity index is 1.98. The summed E-state index contributed by atoms with van der Waals surface area (Å²) in [6.07, 6.45) is 1.58. The lowest BCUT2D eigenvalue weighted by atomic mass is 9.87. The first-order valence-corrected chi connectivity index (χ1v) is 10.4. The van der Waals surface area contributed by atoms with Crippen LogP contribution in [0.2, 0.25) is 0 Å². The second-order valence-corrected chi connectivity index (χ2v) is 9.28. The van der Waals surface area contributed by atoms with Crippen molar-refractivity contribution in [3.8, 4) is 0 Å². The summed E-state index contributed by atoms with van der Waals surface area (Å²) < 4.78 is 0. The minimum absolute atomic E-state index is 0.0908. The van der Waals surface area contributed by atoms with E-state index in [0.29, 0.717) is 5.13 Å². The van der Waals surface area contributed by atoms with Crippen molar-refractivity contribution >= 4 is 44.0 Å². The number of anilines is 4. The van der Waals surface area contributed by atoms with Gasteiger partial charge in [-0.3, -0.25) is 4.90 Å². The van der Waals surface area contributed by atoms with Gasteiger partial charge in [0.15, 0.2) is 15.8 Å². The van der Waals surface area contributed by atoms with Gasteiger partial charge >= 0.3 is 0 Å². The molecule has 0 fully saturated rings. The van der Waals surface area contributed by atoms with E-state index in [9.17, 15) is 0 Å². The number of aromatic nitrogens is 3. The Bertz CT molecular complexity index is 1150.